The molecular weight excluding hydrogens is 216 g/mol. The Labute approximate surface area is 107 Å². The quantitative estimate of drug-likeness (QED) is 0.690. The van der Waals surface area contributed by atoms with Gasteiger partial charge in [-0.15, -0.1) is 0 Å². The van der Waals surface area contributed by atoms with Crippen molar-refractivity contribution in [2.24, 2.45) is 17.8 Å². The summed E-state index contributed by atoms with van der Waals surface area (Å²) in [5, 5.41) is 0. The minimum absolute atomic E-state index is 0.528. The molecule has 1 rings (SSSR count). The largest absolute Gasteiger partial charge is 0.378 e. The molecule has 0 spiro atoms. The van der Waals surface area contributed by atoms with Gasteiger partial charge < -0.3 is 4.74 Å². The monoisotopic (exact) mass is 244 g/mol. The van der Waals surface area contributed by atoms with Crippen molar-refractivity contribution in [3.05, 3.63) is 0 Å². The zero-order chi connectivity index (χ0) is 12.0. The Morgan fingerprint density at radius 3 is 2.62 bits per heavy atom. The molecule has 3 atom stereocenters. The molecule has 16 heavy (non-hydrogen) atoms. The lowest BCUT2D eigenvalue weighted by Crippen LogP contribution is -2.27. The average molecular weight is 244 g/mol. The van der Waals surface area contributed by atoms with Gasteiger partial charge in [0.05, 0.1) is 12.7 Å². The average Bonchev–Trinajstić information content (AvgIpc) is 2.29. The molecule has 1 nitrogen and oxygen atoms in total. The maximum atomic E-state index is 6.08. The van der Waals surface area contributed by atoms with Gasteiger partial charge in [-0.25, -0.2) is 0 Å². The van der Waals surface area contributed by atoms with Crippen LogP contribution in [-0.4, -0.2) is 18.5 Å². The van der Waals surface area contributed by atoms with Gasteiger partial charge in [0.1, 0.15) is 0 Å². The first-order chi connectivity index (χ1) is 7.67. The lowest BCUT2D eigenvalue weighted by Gasteiger charge is -2.30. The maximum absolute atomic E-state index is 6.08. The van der Waals surface area contributed by atoms with Gasteiger partial charge in [0, 0.05) is 0 Å². The highest BCUT2D eigenvalue weighted by Crippen LogP contribution is 2.29. The van der Waals surface area contributed by atoms with Crippen LogP contribution in [-0.2, 0) is 4.74 Å². The number of hydrogen-bond acceptors (Lipinski definition) is 2. The molecule has 1 saturated carbocycles. The Hall–Kier alpha value is 0.310. The van der Waals surface area contributed by atoms with Gasteiger partial charge in [-0.3, -0.25) is 0 Å². The Balaban J connectivity index is 2.25. The van der Waals surface area contributed by atoms with Crippen molar-refractivity contribution in [3.8, 4) is 0 Å². The van der Waals surface area contributed by atoms with Gasteiger partial charge in [-0.05, 0) is 36.3 Å². The van der Waals surface area contributed by atoms with E-state index < -0.39 is 0 Å². The molecular formula is C14H28OS. The topological polar surface area (TPSA) is 9.23 Å². The Morgan fingerprint density at radius 2 is 2.06 bits per heavy atom. The molecule has 0 aromatic carbocycles. The number of ether oxygens (including phenoxy) is 1. The van der Waals surface area contributed by atoms with E-state index in [1.807, 2.05) is 0 Å². The lowest BCUT2D eigenvalue weighted by molar-refractivity contribution is -0.00885. The molecule has 1 fully saturated rings. The lowest BCUT2D eigenvalue weighted by atomic mass is 9.85. The minimum atomic E-state index is 0.528. The van der Waals surface area contributed by atoms with Gasteiger partial charge in [-0.1, -0.05) is 40.0 Å². The molecule has 0 saturated heterocycles. The summed E-state index contributed by atoms with van der Waals surface area (Å²) in [5.41, 5.74) is 0. The molecule has 96 valence electrons. The smallest absolute Gasteiger partial charge is 0.0578 e. The summed E-state index contributed by atoms with van der Waals surface area (Å²) in [7, 11) is 0. The van der Waals surface area contributed by atoms with Gasteiger partial charge in [0.15, 0.2) is 0 Å². The van der Waals surface area contributed by atoms with Crippen molar-refractivity contribution in [2.45, 2.75) is 59.0 Å². The summed E-state index contributed by atoms with van der Waals surface area (Å²) in [6, 6.07) is 0. The number of hydrogen-bond donors (Lipinski definition) is 1. The van der Waals surface area contributed by atoms with Crippen molar-refractivity contribution in [2.75, 3.05) is 12.4 Å². The minimum Gasteiger partial charge on any atom is -0.378 e. The van der Waals surface area contributed by atoms with E-state index in [9.17, 15) is 0 Å². The maximum Gasteiger partial charge on any atom is 0.0578 e. The fourth-order valence-corrected chi connectivity index (χ4v) is 3.01. The van der Waals surface area contributed by atoms with Gasteiger partial charge in [0.25, 0.3) is 0 Å². The molecule has 0 amide bonds. The van der Waals surface area contributed by atoms with Crippen molar-refractivity contribution in [1.29, 1.82) is 0 Å². The third-order valence-corrected chi connectivity index (χ3v) is 4.50. The van der Waals surface area contributed by atoms with Crippen LogP contribution < -0.4 is 0 Å². The van der Waals surface area contributed by atoms with Crippen molar-refractivity contribution < 1.29 is 4.74 Å². The first kappa shape index (κ1) is 14.4. The molecule has 0 heterocycles. The van der Waals surface area contributed by atoms with Crippen LogP contribution >= 0.6 is 12.6 Å². The molecule has 0 bridgehead atoms. The summed E-state index contributed by atoms with van der Waals surface area (Å²) in [5.74, 6) is 3.15. The second kappa shape index (κ2) is 7.60. The fraction of sp³-hybridized carbons (Fsp3) is 1.00. The molecule has 1 aliphatic carbocycles. The third-order valence-electron chi connectivity index (χ3n) is 4.04. The fourth-order valence-electron chi connectivity index (χ4n) is 2.48. The van der Waals surface area contributed by atoms with Crippen molar-refractivity contribution >= 4 is 12.6 Å². The molecule has 0 N–H and O–H groups in total. The summed E-state index contributed by atoms with van der Waals surface area (Å²) in [6.07, 6.45) is 7.18. The van der Waals surface area contributed by atoms with Crippen molar-refractivity contribution in [3.63, 3.8) is 0 Å². The van der Waals surface area contributed by atoms with Crippen LogP contribution in [0, 0.1) is 17.8 Å². The zero-order valence-electron chi connectivity index (χ0n) is 11.1. The molecule has 0 aromatic heterocycles. The summed E-state index contributed by atoms with van der Waals surface area (Å²) >= 11 is 4.41. The molecule has 3 unspecified atom stereocenters. The highest BCUT2D eigenvalue weighted by molar-refractivity contribution is 7.80. The van der Waals surface area contributed by atoms with Gasteiger partial charge >= 0.3 is 0 Å². The molecule has 0 radical (unpaired) electrons. The van der Waals surface area contributed by atoms with Crippen LogP contribution in [0.5, 0.6) is 0 Å². The normalized spacial score (nSPS) is 28.3. The van der Waals surface area contributed by atoms with Crippen LogP contribution in [0.15, 0.2) is 0 Å². The third kappa shape index (κ3) is 4.67. The first-order valence-electron chi connectivity index (χ1n) is 6.89. The molecule has 0 aliphatic heterocycles. The second-order valence-electron chi connectivity index (χ2n) is 5.58. The first-order valence-corrected chi connectivity index (χ1v) is 7.53. The molecule has 0 aromatic rings. The summed E-state index contributed by atoms with van der Waals surface area (Å²) < 4.78 is 6.08. The van der Waals surface area contributed by atoms with E-state index in [1.54, 1.807) is 0 Å². The zero-order valence-corrected chi connectivity index (χ0v) is 12.0. The Morgan fingerprint density at radius 1 is 1.31 bits per heavy atom. The molecule has 1 aliphatic rings. The van der Waals surface area contributed by atoms with Crippen LogP contribution in [0.1, 0.15) is 52.9 Å². The highest BCUT2D eigenvalue weighted by Gasteiger charge is 2.22. The van der Waals surface area contributed by atoms with Crippen LogP contribution in [0.3, 0.4) is 0 Å². The van der Waals surface area contributed by atoms with E-state index in [4.69, 9.17) is 4.74 Å². The van der Waals surface area contributed by atoms with Crippen LogP contribution in [0.4, 0.5) is 0 Å². The standard InChI is InChI=1S/C14H28OS/c1-4-12-6-5-7-14(8-12)15-9-13(10-16)11(2)3/h11-14,16H,4-10H2,1-3H3. The van der Waals surface area contributed by atoms with Crippen LogP contribution in [0.2, 0.25) is 0 Å². The van der Waals surface area contributed by atoms with E-state index in [2.05, 4.69) is 33.4 Å². The predicted molar refractivity (Wildman–Crippen MR) is 74.2 cm³/mol. The van der Waals surface area contributed by atoms with Crippen LogP contribution in [0.25, 0.3) is 0 Å². The van der Waals surface area contributed by atoms with E-state index >= 15 is 0 Å². The Kier molecular flexibility index (Phi) is 6.83. The summed E-state index contributed by atoms with van der Waals surface area (Å²) in [4.78, 5) is 0. The molecule has 2 heteroatoms. The highest BCUT2D eigenvalue weighted by atomic mass is 32.1. The van der Waals surface area contributed by atoms with E-state index in [0.717, 1.165) is 18.3 Å². The van der Waals surface area contributed by atoms with E-state index in [1.165, 1.54) is 32.1 Å². The summed E-state index contributed by atoms with van der Waals surface area (Å²) in [6.45, 7) is 7.74. The van der Waals surface area contributed by atoms with Crippen molar-refractivity contribution in [1.82, 2.24) is 0 Å². The number of rotatable bonds is 6. The Bertz CT molecular complexity index is 182. The van der Waals surface area contributed by atoms with Gasteiger partial charge in [-0.2, -0.15) is 12.6 Å². The van der Waals surface area contributed by atoms with E-state index in [-0.39, 0.29) is 0 Å². The SMILES string of the molecule is CCC1CCCC(OCC(CS)C(C)C)C1. The van der Waals surface area contributed by atoms with Gasteiger partial charge in [0.2, 0.25) is 0 Å². The second-order valence-corrected chi connectivity index (χ2v) is 5.95. The predicted octanol–water partition coefficient (Wildman–Crippen LogP) is 4.17. The van der Waals surface area contributed by atoms with E-state index in [0.29, 0.717) is 17.9 Å². The number of thiol groups is 1.